The van der Waals surface area contributed by atoms with Crippen LogP contribution in [0, 0.1) is 0 Å². The predicted octanol–water partition coefficient (Wildman–Crippen LogP) is 4.93. The molecule has 0 saturated heterocycles. The molecule has 30 heavy (non-hydrogen) atoms. The lowest BCUT2D eigenvalue weighted by Gasteiger charge is -2.19. The SMILES string of the molecule is COc1cc2cc(CN(C)Cc3ccn[nH]3)c(-c3cccc(Cl)c3)nc2cc1OC. The van der Waals surface area contributed by atoms with Crippen LogP contribution >= 0.6 is 11.6 Å². The van der Waals surface area contributed by atoms with Crippen molar-refractivity contribution in [1.29, 1.82) is 0 Å². The lowest BCUT2D eigenvalue weighted by molar-refractivity contribution is 0.315. The van der Waals surface area contributed by atoms with Crippen molar-refractivity contribution >= 4 is 22.5 Å². The predicted molar refractivity (Wildman–Crippen MR) is 119 cm³/mol. The van der Waals surface area contributed by atoms with Crippen LogP contribution in [0.4, 0.5) is 0 Å². The zero-order valence-corrected chi connectivity index (χ0v) is 17.9. The molecule has 0 radical (unpaired) electrons. The number of nitrogens with zero attached hydrogens (tertiary/aromatic N) is 3. The first-order valence-electron chi connectivity index (χ1n) is 9.55. The van der Waals surface area contributed by atoms with E-state index in [1.54, 1.807) is 20.4 Å². The van der Waals surface area contributed by atoms with Gasteiger partial charge in [-0.25, -0.2) is 4.98 Å². The molecule has 2 heterocycles. The Morgan fingerprint density at radius 1 is 1.00 bits per heavy atom. The Bertz CT molecular complexity index is 1160. The third-order valence-electron chi connectivity index (χ3n) is 4.94. The van der Waals surface area contributed by atoms with Crippen LogP contribution in [0.15, 0.2) is 54.7 Å². The standard InChI is InChI=1S/C23H23ClN4O2/c1-28(14-19-7-8-25-27-19)13-17-9-16-11-21(29-2)22(30-3)12-20(16)26-23(17)15-5-4-6-18(24)10-15/h4-12H,13-14H2,1-3H3,(H,25,27). The summed E-state index contributed by atoms with van der Waals surface area (Å²) < 4.78 is 10.9. The van der Waals surface area contributed by atoms with Crippen LogP contribution < -0.4 is 9.47 Å². The summed E-state index contributed by atoms with van der Waals surface area (Å²) in [6.45, 7) is 1.46. The maximum Gasteiger partial charge on any atom is 0.162 e. The quantitative estimate of drug-likeness (QED) is 0.457. The van der Waals surface area contributed by atoms with E-state index in [1.165, 1.54) is 0 Å². The van der Waals surface area contributed by atoms with Gasteiger partial charge in [-0.15, -0.1) is 0 Å². The number of H-pyrrole nitrogens is 1. The fourth-order valence-corrected chi connectivity index (χ4v) is 3.75. The van der Waals surface area contributed by atoms with Crippen LogP contribution in [0.1, 0.15) is 11.3 Å². The molecule has 0 saturated carbocycles. The van der Waals surface area contributed by atoms with Gasteiger partial charge in [0, 0.05) is 47.0 Å². The Kier molecular flexibility index (Phi) is 5.88. The minimum atomic E-state index is 0.652. The first-order chi connectivity index (χ1) is 14.6. The second-order valence-corrected chi connectivity index (χ2v) is 7.60. The normalized spacial score (nSPS) is 11.2. The summed E-state index contributed by atoms with van der Waals surface area (Å²) in [6.07, 6.45) is 1.76. The van der Waals surface area contributed by atoms with Crippen molar-refractivity contribution in [2.45, 2.75) is 13.1 Å². The van der Waals surface area contributed by atoms with Crippen LogP contribution in [0.25, 0.3) is 22.2 Å². The van der Waals surface area contributed by atoms with Crippen LogP contribution in [-0.4, -0.2) is 41.3 Å². The van der Waals surface area contributed by atoms with Gasteiger partial charge in [-0.1, -0.05) is 23.7 Å². The molecule has 4 aromatic rings. The minimum absolute atomic E-state index is 0.652. The van der Waals surface area contributed by atoms with Crippen LogP contribution in [0.3, 0.4) is 0 Å². The molecule has 0 aliphatic heterocycles. The van der Waals surface area contributed by atoms with Gasteiger partial charge in [0.1, 0.15) is 0 Å². The molecule has 0 fully saturated rings. The van der Waals surface area contributed by atoms with E-state index >= 15 is 0 Å². The number of aromatic nitrogens is 3. The van der Waals surface area contributed by atoms with Crippen molar-refractivity contribution in [1.82, 2.24) is 20.1 Å². The number of pyridine rings is 1. The number of aromatic amines is 1. The molecule has 6 nitrogen and oxygen atoms in total. The van der Waals surface area contributed by atoms with E-state index in [9.17, 15) is 0 Å². The molecule has 0 aliphatic carbocycles. The number of ether oxygens (including phenoxy) is 2. The highest BCUT2D eigenvalue weighted by Crippen LogP contribution is 2.35. The second kappa shape index (κ2) is 8.73. The molecule has 0 aliphatic rings. The first-order valence-corrected chi connectivity index (χ1v) is 9.93. The smallest absolute Gasteiger partial charge is 0.162 e. The van der Waals surface area contributed by atoms with E-state index < -0.39 is 0 Å². The van der Waals surface area contributed by atoms with Gasteiger partial charge in [0.25, 0.3) is 0 Å². The Hall–Kier alpha value is -3.09. The summed E-state index contributed by atoms with van der Waals surface area (Å²) >= 11 is 6.27. The Balaban J connectivity index is 1.81. The largest absolute Gasteiger partial charge is 0.493 e. The summed E-state index contributed by atoms with van der Waals surface area (Å²) in [6, 6.07) is 15.8. The van der Waals surface area contributed by atoms with Crippen molar-refractivity contribution in [3.05, 3.63) is 71.0 Å². The fourth-order valence-electron chi connectivity index (χ4n) is 3.56. The van der Waals surface area contributed by atoms with Crippen LogP contribution in [0.5, 0.6) is 11.5 Å². The van der Waals surface area contributed by atoms with Gasteiger partial charge in [0.2, 0.25) is 0 Å². The molecule has 1 N–H and O–H groups in total. The molecule has 0 amide bonds. The maximum absolute atomic E-state index is 6.27. The average Bonchev–Trinajstić information content (AvgIpc) is 3.25. The number of hydrogen-bond donors (Lipinski definition) is 1. The van der Waals surface area contributed by atoms with Gasteiger partial charge in [-0.05, 0) is 42.9 Å². The van der Waals surface area contributed by atoms with Crippen LogP contribution in [-0.2, 0) is 13.1 Å². The molecule has 0 atom stereocenters. The Labute approximate surface area is 180 Å². The third-order valence-corrected chi connectivity index (χ3v) is 5.17. The molecule has 0 spiro atoms. The van der Waals surface area contributed by atoms with E-state index in [0.29, 0.717) is 23.1 Å². The third kappa shape index (κ3) is 4.25. The molecule has 154 valence electrons. The van der Waals surface area contributed by atoms with E-state index in [-0.39, 0.29) is 0 Å². The number of halogens is 1. The monoisotopic (exact) mass is 422 g/mol. The zero-order valence-electron chi connectivity index (χ0n) is 17.1. The zero-order chi connectivity index (χ0) is 21.1. The highest BCUT2D eigenvalue weighted by molar-refractivity contribution is 6.30. The Morgan fingerprint density at radius 2 is 1.80 bits per heavy atom. The number of nitrogens with one attached hydrogen (secondary N) is 1. The number of hydrogen-bond acceptors (Lipinski definition) is 5. The summed E-state index contributed by atoms with van der Waals surface area (Å²) in [5.74, 6) is 1.33. The average molecular weight is 423 g/mol. The topological polar surface area (TPSA) is 63.3 Å². The molecular weight excluding hydrogens is 400 g/mol. The second-order valence-electron chi connectivity index (χ2n) is 7.16. The van der Waals surface area contributed by atoms with Crippen molar-refractivity contribution in [3.8, 4) is 22.8 Å². The van der Waals surface area contributed by atoms with Gasteiger partial charge in [0.15, 0.2) is 11.5 Å². The van der Waals surface area contributed by atoms with Crippen molar-refractivity contribution < 1.29 is 9.47 Å². The molecule has 0 bridgehead atoms. The molecule has 2 aromatic carbocycles. The Morgan fingerprint density at radius 3 is 2.50 bits per heavy atom. The van der Waals surface area contributed by atoms with E-state index in [2.05, 4.69) is 28.2 Å². The number of methoxy groups -OCH3 is 2. The summed E-state index contributed by atoms with van der Waals surface area (Å²) in [5, 5.41) is 8.71. The lowest BCUT2D eigenvalue weighted by atomic mass is 10.0. The molecule has 2 aromatic heterocycles. The van der Waals surface area contributed by atoms with Crippen molar-refractivity contribution in [2.75, 3.05) is 21.3 Å². The number of fused-ring (bicyclic) bond motifs is 1. The summed E-state index contributed by atoms with van der Waals surface area (Å²) in [7, 11) is 5.33. The van der Waals surface area contributed by atoms with E-state index in [4.69, 9.17) is 26.1 Å². The van der Waals surface area contributed by atoms with Gasteiger partial charge >= 0.3 is 0 Å². The fraction of sp³-hybridized carbons (Fsp3) is 0.217. The first kappa shape index (κ1) is 20.2. The molecule has 4 rings (SSSR count). The van der Waals surface area contributed by atoms with Crippen LogP contribution in [0.2, 0.25) is 5.02 Å². The molecule has 0 unspecified atom stereocenters. The maximum atomic E-state index is 6.27. The highest BCUT2D eigenvalue weighted by atomic mass is 35.5. The van der Waals surface area contributed by atoms with Crippen molar-refractivity contribution in [2.24, 2.45) is 0 Å². The summed E-state index contributed by atoms with van der Waals surface area (Å²) in [5.41, 5.74) is 4.86. The minimum Gasteiger partial charge on any atom is -0.493 e. The number of rotatable bonds is 7. The van der Waals surface area contributed by atoms with E-state index in [0.717, 1.165) is 40.0 Å². The van der Waals surface area contributed by atoms with Gasteiger partial charge < -0.3 is 9.47 Å². The highest BCUT2D eigenvalue weighted by Gasteiger charge is 2.15. The molecule has 7 heteroatoms. The van der Waals surface area contributed by atoms with E-state index in [1.807, 2.05) is 42.5 Å². The van der Waals surface area contributed by atoms with Crippen molar-refractivity contribution in [3.63, 3.8) is 0 Å². The molecular formula is C23H23ClN4O2. The van der Waals surface area contributed by atoms with Gasteiger partial charge in [-0.3, -0.25) is 10.00 Å². The summed E-state index contributed by atoms with van der Waals surface area (Å²) in [4.78, 5) is 7.19. The number of benzene rings is 2. The van der Waals surface area contributed by atoms with Gasteiger partial charge in [0.05, 0.1) is 25.4 Å². The van der Waals surface area contributed by atoms with Gasteiger partial charge in [-0.2, -0.15) is 5.10 Å². The lowest BCUT2D eigenvalue weighted by Crippen LogP contribution is -2.18.